The number of Topliss-reactive ketones (excluding diaryl/α,β-unsaturated/α-hetero) is 1. The Kier molecular flexibility index (Phi) is 4.80. The average Bonchev–Trinajstić information content (AvgIpc) is 2.91. The number of aryl methyl sites for hydroxylation is 1. The fraction of sp³-hybridized carbons (Fsp3) is 0.267. The monoisotopic (exact) mass is 323 g/mol. The Morgan fingerprint density at radius 1 is 1.23 bits per heavy atom. The Morgan fingerprint density at radius 2 is 1.86 bits per heavy atom. The molecular weight excluding hydrogens is 306 g/mol. The van der Waals surface area contributed by atoms with Gasteiger partial charge in [0.25, 0.3) is 0 Å². The zero-order valence-corrected chi connectivity index (χ0v) is 13.1. The average molecular weight is 323 g/mol. The van der Waals surface area contributed by atoms with Crippen LogP contribution in [0.3, 0.4) is 0 Å². The maximum atomic E-state index is 12.1. The van der Waals surface area contributed by atoms with Crippen LogP contribution in [0.5, 0.6) is 0 Å². The molecule has 2 aromatic rings. The Hall–Kier alpha value is -1.96. The zero-order chi connectivity index (χ0) is 16.3. The highest BCUT2D eigenvalue weighted by molar-refractivity contribution is 7.89. The molecule has 0 amide bonds. The van der Waals surface area contributed by atoms with Gasteiger partial charge < -0.3 is 9.52 Å². The molecule has 7 heteroatoms. The highest BCUT2D eigenvalue weighted by atomic mass is 32.2. The van der Waals surface area contributed by atoms with Gasteiger partial charge in [-0.15, -0.1) is 0 Å². The lowest BCUT2D eigenvalue weighted by molar-refractivity contribution is 0.101. The van der Waals surface area contributed by atoms with E-state index >= 15 is 0 Å². The minimum absolute atomic E-state index is 0.0281. The highest BCUT2D eigenvalue weighted by Gasteiger charge is 2.18. The van der Waals surface area contributed by atoms with Crippen molar-refractivity contribution < 1.29 is 22.7 Å². The standard InChI is InChI=1S/C15H17NO5S/c1-10-3-8-15(21-10)14(18)9-16-22(19,20)13-6-4-12(5-7-13)11(2)17/h3-8,14,16,18H,9H2,1-2H3. The van der Waals surface area contributed by atoms with E-state index < -0.39 is 16.1 Å². The first-order chi connectivity index (χ1) is 10.3. The van der Waals surface area contributed by atoms with Crippen LogP contribution in [0.4, 0.5) is 0 Å². The summed E-state index contributed by atoms with van der Waals surface area (Å²) in [4.78, 5) is 11.2. The second-order valence-electron chi connectivity index (χ2n) is 4.90. The molecule has 6 nitrogen and oxygen atoms in total. The van der Waals surface area contributed by atoms with E-state index in [0.717, 1.165) is 0 Å². The summed E-state index contributed by atoms with van der Waals surface area (Å²) in [6, 6.07) is 8.88. The molecule has 0 saturated carbocycles. The third-order valence-corrected chi connectivity index (χ3v) is 4.57. The fourth-order valence-corrected chi connectivity index (χ4v) is 2.91. The minimum atomic E-state index is -3.76. The summed E-state index contributed by atoms with van der Waals surface area (Å²) in [5.41, 5.74) is 0.435. The van der Waals surface area contributed by atoms with E-state index in [2.05, 4.69) is 4.72 Å². The van der Waals surface area contributed by atoms with Gasteiger partial charge in [-0.3, -0.25) is 4.79 Å². The van der Waals surface area contributed by atoms with E-state index in [-0.39, 0.29) is 17.2 Å². The van der Waals surface area contributed by atoms with Crippen LogP contribution in [0.1, 0.15) is 34.9 Å². The van der Waals surface area contributed by atoms with Crippen molar-refractivity contribution in [2.45, 2.75) is 24.8 Å². The SMILES string of the molecule is CC(=O)c1ccc(S(=O)(=O)NCC(O)c2ccc(C)o2)cc1. The molecule has 0 spiro atoms. The summed E-state index contributed by atoms with van der Waals surface area (Å²) in [6.45, 7) is 2.93. The van der Waals surface area contributed by atoms with E-state index in [0.29, 0.717) is 17.1 Å². The molecule has 0 fully saturated rings. The second-order valence-corrected chi connectivity index (χ2v) is 6.66. The van der Waals surface area contributed by atoms with Crippen molar-refractivity contribution in [1.29, 1.82) is 0 Å². The van der Waals surface area contributed by atoms with Crippen molar-refractivity contribution in [3.8, 4) is 0 Å². The van der Waals surface area contributed by atoms with Crippen molar-refractivity contribution in [2.24, 2.45) is 0 Å². The third kappa shape index (κ3) is 3.82. The first-order valence-corrected chi connectivity index (χ1v) is 8.13. The van der Waals surface area contributed by atoms with Crippen LogP contribution in [-0.2, 0) is 10.0 Å². The highest BCUT2D eigenvalue weighted by Crippen LogP contribution is 2.17. The van der Waals surface area contributed by atoms with Gasteiger partial charge in [-0.2, -0.15) is 0 Å². The molecule has 1 aromatic carbocycles. The van der Waals surface area contributed by atoms with E-state index in [1.165, 1.54) is 31.2 Å². The molecule has 0 aliphatic rings. The molecular formula is C15H17NO5S. The summed E-state index contributed by atoms with van der Waals surface area (Å²) in [5.74, 6) is 0.796. The van der Waals surface area contributed by atoms with Gasteiger partial charge in [-0.05, 0) is 38.1 Å². The number of sulfonamides is 1. The van der Waals surface area contributed by atoms with Gasteiger partial charge >= 0.3 is 0 Å². The maximum Gasteiger partial charge on any atom is 0.240 e. The largest absolute Gasteiger partial charge is 0.464 e. The van der Waals surface area contributed by atoms with Crippen LogP contribution in [0.25, 0.3) is 0 Å². The number of ketones is 1. The van der Waals surface area contributed by atoms with Gasteiger partial charge in [0.2, 0.25) is 10.0 Å². The Bertz CT molecular complexity index is 761. The molecule has 0 aliphatic heterocycles. The Labute approximate surface area is 128 Å². The summed E-state index contributed by atoms with van der Waals surface area (Å²) < 4.78 is 31.8. The van der Waals surface area contributed by atoms with Crippen molar-refractivity contribution >= 4 is 15.8 Å². The molecule has 1 heterocycles. The number of nitrogens with one attached hydrogen (secondary N) is 1. The normalized spacial score (nSPS) is 13.0. The van der Waals surface area contributed by atoms with Crippen LogP contribution >= 0.6 is 0 Å². The number of furan rings is 1. The van der Waals surface area contributed by atoms with Gasteiger partial charge in [0.1, 0.15) is 17.6 Å². The van der Waals surface area contributed by atoms with Crippen molar-refractivity contribution in [3.63, 3.8) is 0 Å². The molecule has 22 heavy (non-hydrogen) atoms. The van der Waals surface area contributed by atoms with Gasteiger partial charge in [0, 0.05) is 12.1 Å². The van der Waals surface area contributed by atoms with Gasteiger partial charge in [-0.1, -0.05) is 12.1 Å². The number of hydrogen-bond donors (Lipinski definition) is 2. The molecule has 0 aliphatic carbocycles. The van der Waals surface area contributed by atoms with Crippen LogP contribution in [0.2, 0.25) is 0 Å². The predicted octanol–water partition coefficient (Wildman–Crippen LogP) is 1.80. The molecule has 1 aromatic heterocycles. The first kappa shape index (κ1) is 16.4. The molecule has 118 valence electrons. The number of benzene rings is 1. The third-order valence-electron chi connectivity index (χ3n) is 3.13. The second kappa shape index (κ2) is 6.43. The number of aliphatic hydroxyl groups is 1. The number of aliphatic hydroxyl groups excluding tert-OH is 1. The molecule has 1 atom stereocenters. The zero-order valence-electron chi connectivity index (χ0n) is 12.2. The van der Waals surface area contributed by atoms with Crippen LogP contribution < -0.4 is 4.72 Å². The lowest BCUT2D eigenvalue weighted by Gasteiger charge is -2.10. The minimum Gasteiger partial charge on any atom is -0.464 e. The first-order valence-electron chi connectivity index (χ1n) is 6.64. The van der Waals surface area contributed by atoms with Crippen molar-refractivity contribution in [2.75, 3.05) is 6.54 Å². The Morgan fingerprint density at radius 3 is 2.36 bits per heavy atom. The molecule has 2 N–H and O–H groups in total. The summed E-state index contributed by atoms with van der Waals surface area (Å²) >= 11 is 0. The topological polar surface area (TPSA) is 96.6 Å². The number of rotatable bonds is 6. The molecule has 1 unspecified atom stereocenters. The Balaban J connectivity index is 2.06. The lowest BCUT2D eigenvalue weighted by atomic mass is 10.2. The van der Waals surface area contributed by atoms with Gasteiger partial charge in [0.15, 0.2) is 5.78 Å². The maximum absolute atomic E-state index is 12.1. The molecule has 0 saturated heterocycles. The summed E-state index contributed by atoms with van der Waals surface area (Å²) in [5, 5.41) is 9.90. The van der Waals surface area contributed by atoms with Crippen LogP contribution in [0, 0.1) is 6.92 Å². The van der Waals surface area contributed by atoms with Crippen molar-refractivity contribution in [1.82, 2.24) is 4.72 Å². The van der Waals surface area contributed by atoms with Gasteiger partial charge in [-0.25, -0.2) is 13.1 Å². The quantitative estimate of drug-likeness (QED) is 0.790. The van der Waals surface area contributed by atoms with E-state index in [1.54, 1.807) is 19.1 Å². The fourth-order valence-electron chi connectivity index (χ4n) is 1.87. The summed E-state index contributed by atoms with van der Waals surface area (Å²) in [7, 11) is -3.76. The van der Waals surface area contributed by atoms with E-state index in [1.807, 2.05) is 0 Å². The van der Waals surface area contributed by atoms with Crippen LogP contribution in [0.15, 0.2) is 45.7 Å². The molecule has 0 bridgehead atoms. The smallest absolute Gasteiger partial charge is 0.240 e. The van der Waals surface area contributed by atoms with Crippen molar-refractivity contribution in [3.05, 3.63) is 53.5 Å². The molecule has 2 rings (SSSR count). The number of carbonyl (C=O) groups is 1. The van der Waals surface area contributed by atoms with E-state index in [9.17, 15) is 18.3 Å². The lowest BCUT2D eigenvalue weighted by Crippen LogP contribution is -2.28. The van der Waals surface area contributed by atoms with Gasteiger partial charge in [0.05, 0.1) is 4.90 Å². The number of carbonyl (C=O) groups excluding carboxylic acids is 1. The van der Waals surface area contributed by atoms with E-state index in [4.69, 9.17) is 4.42 Å². The predicted molar refractivity (Wildman–Crippen MR) is 80.0 cm³/mol. The number of hydrogen-bond acceptors (Lipinski definition) is 5. The summed E-state index contributed by atoms with van der Waals surface area (Å²) in [6.07, 6.45) is -1.07. The van der Waals surface area contributed by atoms with Crippen LogP contribution in [-0.4, -0.2) is 25.9 Å². The molecule has 0 radical (unpaired) electrons.